The number of hydrogen-bond donors (Lipinski definition) is 0. The summed E-state index contributed by atoms with van der Waals surface area (Å²) in [6.45, 7) is 0.484. The van der Waals surface area contributed by atoms with Gasteiger partial charge in [-0.1, -0.05) is 24.3 Å². The average molecular weight is 257 g/mol. The van der Waals surface area contributed by atoms with Gasteiger partial charge in [-0.2, -0.15) is 0 Å². The highest BCUT2D eigenvalue weighted by Crippen LogP contribution is 2.22. The van der Waals surface area contributed by atoms with Crippen LogP contribution < -0.4 is 0 Å². The number of ether oxygens (including phenoxy) is 2. The fraction of sp³-hybridized carbons (Fsp3) is 0.333. The van der Waals surface area contributed by atoms with E-state index in [4.69, 9.17) is 16.3 Å². The average Bonchev–Trinajstić information content (AvgIpc) is 2.37. The minimum Gasteiger partial charge on any atom is -0.463 e. The fourth-order valence-corrected chi connectivity index (χ4v) is 1.54. The van der Waals surface area contributed by atoms with Gasteiger partial charge in [0.1, 0.15) is 5.38 Å². The van der Waals surface area contributed by atoms with E-state index in [2.05, 4.69) is 4.74 Å². The van der Waals surface area contributed by atoms with Gasteiger partial charge in [0.2, 0.25) is 0 Å². The Kier molecular flexibility index (Phi) is 5.12. The van der Waals surface area contributed by atoms with E-state index in [1.165, 1.54) is 0 Å². The zero-order chi connectivity index (χ0) is 12.8. The highest BCUT2D eigenvalue weighted by atomic mass is 35.5. The van der Waals surface area contributed by atoms with Crippen LogP contribution in [0.25, 0.3) is 0 Å². The summed E-state index contributed by atoms with van der Waals surface area (Å²) in [5, 5.41) is -1.01. The van der Waals surface area contributed by atoms with Crippen molar-refractivity contribution in [1.29, 1.82) is 0 Å². The lowest BCUT2D eigenvalue weighted by Gasteiger charge is -2.08. The Morgan fingerprint density at radius 1 is 1.24 bits per heavy atom. The first-order valence-electron chi connectivity index (χ1n) is 4.94. The second-order valence-electron chi connectivity index (χ2n) is 3.39. The largest absolute Gasteiger partial charge is 0.463 e. The molecule has 1 aromatic carbocycles. The molecule has 1 unspecified atom stereocenters. The Bertz CT molecular complexity index is 399. The fourth-order valence-electron chi connectivity index (χ4n) is 1.30. The molecular weight excluding hydrogens is 244 g/mol. The van der Waals surface area contributed by atoms with E-state index in [1.54, 1.807) is 31.4 Å². The number of carbonyl (C=O) groups excluding carboxylic acids is 2. The predicted octanol–water partition coefficient (Wildman–Crippen LogP) is 1.85. The van der Waals surface area contributed by atoms with Crippen molar-refractivity contribution in [3.05, 3.63) is 35.4 Å². The summed E-state index contributed by atoms with van der Waals surface area (Å²) in [5.74, 6) is -1.71. The van der Waals surface area contributed by atoms with E-state index in [9.17, 15) is 9.59 Å². The number of halogens is 1. The number of benzene rings is 1. The number of rotatable bonds is 5. The lowest BCUT2D eigenvalue weighted by molar-refractivity contribution is -0.151. The monoisotopic (exact) mass is 256 g/mol. The van der Waals surface area contributed by atoms with Gasteiger partial charge in [0.25, 0.3) is 5.78 Å². The van der Waals surface area contributed by atoms with Crippen molar-refractivity contribution < 1.29 is 19.1 Å². The second kappa shape index (κ2) is 6.37. The van der Waals surface area contributed by atoms with Gasteiger partial charge >= 0.3 is 5.97 Å². The molecule has 0 bridgehead atoms. The van der Waals surface area contributed by atoms with Crippen LogP contribution in [0.2, 0.25) is 0 Å². The van der Waals surface area contributed by atoms with E-state index in [0.717, 1.165) is 12.7 Å². The van der Waals surface area contributed by atoms with Crippen molar-refractivity contribution in [2.45, 2.75) is 12.0 Å². The molecule has 0 fully saturated rings. The maximum atomic E-state index is 11.5. The third kappa shape index (κ3) is 3.54. The number of alkyl halides is 1. The van der Waals surface area contributed by atoms with Crippen molar-refractivity contribution in [1.82, 2.24) is 0 Å². The van der Waals surface area contributed by atoms with Crippen LogP contribution in [-0.4, -0.2) is 26.0 Å². The summed E-state index contributed by atoms with van der Waals surface area (Å²) in [4.78, 5) is 22.5. The number of methoxy groups -OCH3 is 2. The molecule has 0 saturated carbocycles. The number of Topliss-reactive ketones (excluding diaryl/α,β-unsaturated/α-hetero) is 1. The van der Waals surface area contributed by atoms with Crippen LogP contribution in [-0.2, 0) is 25.7 Å². The van der Waals surface area contributed by atoms with Crippen LogP contribution in [0.1, 0.15) is 16.5 Å². The SMILES string of the molecule is COCc1ccc(C(Cl)C(=O)C(=O)OC)cc1. The van der Waals surface area contributed by atoms with Crippen molar-refractivity contribution in [3.8, 4) is 0 Å². The lowest BCUT2D eigenvalue weighted by atomic mass is 10.1. The molecular formula is C12H13ClO4. The normalized spacial score (nSPS) is 11.9. The maximum absolute atomic E-state index is 11.5. The standard InChI is InChI=1S/C12H13ClO4/c1-16-7-8-3-5-9(6-4-8)10(13)11(14)12(15)17-2/h3-6,10H,7H2,1-2H3. The van der Waals surface area contributed by atoms with E-state index in [1.807, 2.05) is 0 Å². The molecule has 1 aromatic rings. The van der Waals surface area contributed by atoms with Crippen LogP contribution in [0.4, 0.5) is 0 Å². The Hall–Kier alpha value is -1.39. The molecule has 4 nitrogen and oxygen atoms in total. The van der Waals surface area contributed by atoms with Gasteiger partial charge < -0.3 is 9.47 Å². The number of carbonyl (C=O) groups is 2. The quantitative estimate of drug-likeness (QED) is 0.458. The molecule has 0 aliphatic rings. The molecule has 0 aliphatic heterocycles. The smallest absolute Gasteiger partial charge is 0.376 e. The van der Waals surface area contributed by atoms with Gasteiger partial charge in [-0.3, -0.25) is 4.79 Å². The number of ketones is 1. The van der Waals surface area contributed by atoms with Crippen molar-refractivity contribution in [2.24, 2.45) is 0 Å². The second-order valence-corrected chi connectivity index (χ2v) is 3.83. The molecule has 92 valence electrons. The van der Waals surface area contributed by atoms with E-state index >= 15 is 0 Å². The topological polar surface area (TPSA) is 52.6 Å². The summed E-state index contributed by atoms with van der Waals surface area (Å²) < 4.78 is 9.28. The molecule has 17 heavy (non-hydrogen) atoms. The number of hydrogen-bond acceptors (Lipinski definition) is 4. The zero-order valence-electron chi connectivity index (χ0n) is 9.60. The van der Waals surface area contributed by atoms with Crippen LogP contribution >= 0.6 is 11.6 Å². The predicted molar refractivity (Wildman–Crippen MR) is 62.8 cm³/mol. The van der Waals surface area contributed by atoms with Gasteiger partial charge in [-0.25, -0.2) is 4.79 Å². The molecule has 1 atom stereocenters. The molecule has 0 heterocycles. The third-order valence-corrected chi connectivity index (χ3v) is 2.65. The molecule has 0 saturated heterocycles. The highest BCUT2D eigenvalue weighted by molar-refractivity contribution is 6.47. The Labute approximate surface area is 104 Å². The van der Waals surface area contributed by atoms with E-state index < -0.39 is 17.1 Å². The molecule has 0 N–H and O–H groups in total. The van der Waals surface area contributed by atoms with Crippen LogP contribution in [0.15, 0.2) is 24.3 Å². The summed E-state index contributed by atoms with van der Waals surface area (Å²) in [5.41, 5.74) is 1.52. The molecule has 0 amide bonds. The van der Waals surface area contributed by atoms with Crippen molar-refractivity contribution in [3.63, 3.8) is 0 Å². The van der Waals surface area contributed by atoms with Crippen LogP contribution in [0, 0.1) is 0 Å². The Balaban J connectivity index is 2.79. The van der Waals surface area contributed by atoms with Crippen LogP contribution in [0.3, 0.4) is 0 Å². The van der Waals surface area contributed by atoms with Gasteiger partial charge in [0.15, 0.2) is 0 Å². The summed E-state index contributed by atoms with van der Waals surface area (Å²) in [7, 11) is 2.74. The van der Waals surface area contributed by atoms with E-state index in [0.29, 0.717) is 12.2 Å². The molecule has 0 aliphatic carbocycles. The Morgan fingerprint density at radius 2 is 1.82 bits per heavy atom. The minimum absolute atomic E-state index is 0.484. The Morgan fingerprint density at radius 3 is 2.29 bits per heavy atom. The highest BCUT2D eigenvalue weighted by Gasteiger charge is 2.25. The van der Waals surface area contributed by atoms with Gasteiger partial charge in [-0.15, -0.1) is 11.6 Å². The van der Waals surface area contributed by atoms with E-state index in [-0.39, 0.29) is 0 Å². The first-order chi connectivity index (χ1) is 8.10. The first-order valence-corrected chi connectivity index (χ1v) is 5.37. The van der Waals surface area contributed by atoms with Crippen LogP contribution in [0.5, 0.6) is 0 Å². The summed E-state index contributed by atoms with van der Waals surface area (Å²) in [6.07, 6.45) is 0. The van der Waals surface area contributed by atoms with Crippen molar-refractivity contribution >= 4 is 23.4 Å². The van der Waals surface area contributed by atoms with Gasteiger partial charge in [0.05, 0.1) is 13.7 Å². The van der Waals surface area contributed by atoms with Crippen molar-refractivity contribution in [2.75, 3.05) is 14.2 Å². The maximum Gasteiger partial charge on any atom is 0.376 e. The first kappa shape index (κ1) is 13.7. The third-order valence-electron chi connectivity index (χ3n) is 2.20. The molecule has 1 rings (SSSR count). The summed E-state index contributed by atoms with van der Waals surface area (Å²) >= 11 is 5.88. The minimum atomic E-state index is -1.01. The van der Waals surface area contributed by atoms with Gasteiger partial charge in [0, 0.05) is 7.11 Å². The molecule has 0 radical (unpaired) electrons. The summed E-state index contributed by atoms with van der Waals surface area (Å²) in [6, 6.07) is 6.96. The number of esters is 1. The molecule has 5 heteroatoms. The zero-order valence-corrected chi connectivity index (χ0v) is 10.4. The van der Waals surface area contributed by atoms with Gasteiger partial charge in [-0.05, 0) is 11.1 Å². The molecule has 0 spiro atoms. The lowest BCUT2D eigenvalue weighted by Crippen LogP contribution is -2.20. The molecule has 0 aromatic heterocycles.